The van der Waals surface area contributed by atoms with Crippen molar-refractivity contribution in [1.82, 2.24) is 19.1 Å². The molecule has 0 saturated heterocycles. The minimum absolute atomic E-state index is 0.694. The van der Waals surface area contributed by atoms with E-state index in [1.54, 1.807) is 0 Å². The summed E-state index contributed by atoms with van der Waals surface area (Å²) in [5.74, 6) is 1.52. The summed E-state index contributed by atoms with van der Waals surface area (Å²) in [6.45, 7) is 0. The van der Waals surface area contributed by atoms with E-state index in [0.717, 1.165) is 50.5 Å². The lowest BCUT2D eigenvalue weighted by atomic mass is 9.93. The third-order valence-corrected chi connectivity index (χ3v) is 13.4. The van der Waals surface area contributed by atoms with Crippen LogP contribution in [0.15, 0.2) is 216 Å². The molecule has 0 aliphatic carbocycles. The SMILES string of the molecule is c1ccc(-c2cc(-n3c4ccccc4c4ccc(-c5ccc6c(c5)c5c7cccc8c7c(cc5n6-c5ccccc5)-c5ccccc5S8)cc43)nc(-c3ccccc3)n2)cc1. The summed E-state index contributed by atoms with van der Waals surface area (Å²) in [4.78, 5) is 13.0. The van der Waals surface area contributed by atoms with Crippen LogP contribution < -0.4 is 0 Å². The molecular formula is C56H34N4S. The third-order valence-electron chi connectivity index (χ3n) is 12.3. The lowest BCUT2D eigenvalue weighted by Gasteiger charge is -2.21. The van der Waals surface area contributed by atoms with Crippen LogP contribution in [0.25, 0.3) is 111 Å². The van der Waals surface area contributed by atoms with E-state index in [0.29, 0.717) is 5.82 Å². The van der Waals surface area contributed by atoms with Crippen LogP contribution in [-0.4, -0.2) is 19.1 Å². The van der Waals surface area contributed by atoms with E-state index in [4.69, 9.17) is 9.97 Å². The first kappa shape index (κ1) is 34.2. The molecule has 5 heteroatoms. The first-order valence-corrected chi connectivity index (χ1v) is 21.5. The average molecular weight is 795 g/mol. The highest BCUT2D eigenvalue weighted by Gasteiger charge is 2.25. The van der Waals surface area contributed by atoms with Gasteiger partial charge >= 0.3 is 0 Å². The van der Waals surface area contributed by atoms with Crippen molar-refractivity contribution in [3.05, 3.63) is 206 Å². The van der Waals surface area contributed by atoms with Gasteiger partial charge in [-0.3, -0.25) is 4.57 Å². The van der Waals surface area contributed by atoms with E-state index in [-0.39, 0.29) is 0 Å². The maximum Gasteiger partial charge on any atom is 0.162 e. The van der Waals surface area contributed by atoms with Crippen LogP contribution in [0.3, 0.4) is 0 Å². The number of rotatable bonds is 5. The Morgan fingerprint density at radius 3 is 1.85 bits per heavy atom. The molecule has 61 heavy (non-hydrogen) atoms. The van der Waals surface area contributed by atoms with Crippen LogP contribution in [0.5, 0.6) is 0 Å². The summed E-state index contributed by atoms with van der Waals surface area (Å²) in [6, 6.07) is 74.3. The van der Waals surface area contributed by atoms with Gasteiger partial charge in [0.1, 0.15) is 5.82 Å². The first-order valence-electron chi connectivity index (χ1n) is 20.7. The van der Waals surface area contributed by atoms with E-state index in [1.165, 1.54) is 64.3 Å². The van der Waals surface area contributed by atoms with Crippen LogP contribution in [0.2, 0.25) is 0 Å². The molecule has 0 radical (unpaired) electrons. The maximum atomic E-state index is 5.30. The van der Waals surface area contributed by atoms with Gasteiger partial charge in [-0.2, -0.15) is 0 Å². The molecule has 3 aromatic heterocycles. The predicted molar refractivity (Wildman–Crippen MR) is 254 cm³/mol. The van der Waals surface area contributed by atoms with E-state index in [2.05, 4.69) is 191 Å². The molecular weight excluding hydrogens is 761 g/mol. The molecule has 1 aliphatic heterocycles. The van der Waals surface area contributed by atoms with Crippen molar-refractivity contribution in [3.63, 3.8) is 0 Å². The molecule has 13 rings (SSSR count). The number of benzene rings is 9. The lowest BCUT2D eigenvalue weighted by Crippen LogP contribution is -2.02. The van der Waals surface area contributed by atoms with Crippen LogP contribution in [-0.2, 0) is 0 Å². The molecule has 284 valence electrons. The van der Waals surface area contributed by atoms with Crippen molar-refractivity contribution >= 4 is 66.1 Å². The molecule has 1 aliphatic rings. The topological polar surface area (TPSA) is 35.6 Å². The zero-order valence-corrected chi connectivity index (χ0v) is 33.6. The molecule has 4 heterocycles. The normalized spacial score (nSPS) is 12.2. The van der Waals surface area contributed by atoms with Crippen molar-refractivity contribution < 1.29 is 0 Å². The molecule has 0 atom stereocenters. The third kappa shape index (κ3) is 5.27. The van der Waals surface area contributed by atoms with Gasteiger partial charge in [-0.1, -0.05) is 157 Å². The minimum atomic E-state index is 0.694. The van der Waals surface area contributed by atoms with Crippen LogP contribution in [0.4, 0.5) is 0 Å². The van der Waals surface area contributed by atoms with Gasteiger partial charge in [0, 0.05) is 59.6 Å². The number of hydrogen-bond donors (Lipinski definition) is 0. The molecule has 9 aromatic carbocycles. The second kappa shape index (κ2) is 13.4. The number of aromatic nitrogens is 4. The highest BCUT2D eigenvalue weighted by atomic mass is 32.2. The maximum absolute atomic E-state index is 5.30. The summed E-state index contributed by atoms with van der Waals surface area (Å²) in [5, 5.41) is 7.49. The fourth-order valence-electron chi connectivity index (χ4n) is 9.60. The first-order chi connectivity index (χ1) is 30.2. The Balaban J connectivity index is 1.07. The minimum Gasteiger partial charge on any atom is -0.309 e. The Bertz CT molecular complexity index is 3660. The van der Waals surface area contributed by atoms with Gasteiger partial charge < -0.3 is 4.57 Å². The lowest BCUT2D eigenvalue weighted by molar-refractivity contribution is 1.05. The van der Waals surface area contributed by atoms with Gasteiger partial charge in [0.15, 0.2) is 5.82 Å². The standard InChI is InChI=1S/C56H34N4S/c1-4-15-35(16-5-1)46-34-53(58-56(57-46)36-17-6-2-7-18-36)60-47-24-12-10-21-40(47)41-29-27-38(32-49(41)60)37-28-30-48-45(31-37)54-43-23-14-26-52-55(43)44(42-22-11-13-25-51(42)61-52)33-50(54)59(48)39-19-8-3-9-20-39/h1-34H. The van der Waals surface area contributed by atoms with Crippen molar-refractivity contribution in [2.24, 2.45) is 0 Å². The smallest absolute Gasteiger partial charge is 0.162 e. The fraction of sp³-hybridized carbons (Fsp3) is 0. The largest absolute Gasteiger partial charge is 0.309 e. The fourth-order valence-corrected chi connectivity index (χ4v) is 10.7. The molecule has 0 N–H and O–H groups in total. The highest BCUT2D eigenvalue weighted by Crippen LogP contribution is 2.51. The van der Waals surface area contributed by atoms with Crippen LogP contribution in [0.1, 0.15) is 0 Å². The number of para-hydroxylation sites is 2. The van der Waals surface area contributed by atoms with E-state index >= 15 is 0 Å². The summed E-state index contributed by atoms with van der Waals surface area (Å²) in [7, 11) is 0. The van der Waals surface area contributed by atoms with Gasteiger partial charge in [0.05, 0.1) is 27.8 Å². The summed E-state index contributed by atoms with van der Waals surface area (Å²) < 4.78 is 4.77. The number of nitrogens with zero attached hydrogens (tertiary/aromatic N) is 4. The molecule has 0 amide bonds. The second-order valence-corrected chi connectivity index (χ2v) is 16.8. The number of fused-ring (bicyclic) bond motifs is 9. The van der Waals surface area contributed by atoms with Gasteiger partial charge in [-0.05, 0) is 82.2 Å². The Kier molecular flexibility index (Phi) is 7.50. The van der Waals surface area contributed by atoms with Gasteiger partial charge in [0.2, 0.25) is 0 Å². The van der Waals surface area contributed by atoms with E-state index in [1.807, 2.05) is 36.0 Å². The Hall–Kier alpha value is -7.73. The van der Waals surface area contributed by atoms with Gasteiger partial charge in [0.25, 0.3) is 0 Å². The molecule has 0 spiro atoms. The van der Waals surface area contributed by atoms with E-state index in [9.17, 15) is 0 Å². The van der Waals surface area contributed by atoms with Crippen molar-refractivity contribution in [3.8, 4) is 56.4 Å². The van der Waals surface area contributed by atoms with Gasteiger partial charge in [-0.15, -0.1) is 0 Å². The molecule has 0 unspecified atom stereocenters. The Morgan fingerprint density at radius 1 is 0.344 bits per heavy atom. The summed E-state index contributed by atoms with van der Waals surface area (Å²) in [5.41, 5.74) is 13.6. The summed E-state index contributed by atoms with van der Waals surface area (Å²) >= 11 is 1.88. The second-order valence-electron chi connectivity index (χ2n) is 15.7. The van der Waals surface area contributed by atoms with Crippen molar-refractivity contribution in [1.29, 1.82) is 0 Å². The zero-order chi connectivity index (χ0) is 40.0. The highest BCUT2D eigenvalue weighted by molar-refractivity contribution is 7.99. The molecule has 12 aromatic rings. The average Bonchev–Trinajstić information content (AvgIpc) is 3.84. The van der Waals surface area contributed by atoms with Crippen molar-refractivity contribution in [2.75, 3.05) is 0 Å². The Labute approximate surface area is 356 Å². The number of hydrogen-bond acceptors (Lipinski definition) is 3. The van der Waals surface area contributed by atoms with Crippen LogP contribution >= 0.6 is 11.8 Å². The molecule has 0 fully saturated rings. The molecule has 0 bridgehead atoms. The quantitative estimate of drug-likeness (QED) is 0.174. The predicted octanol–water partition coefficient (Wildman–Crippen LogP) is 15.0. The Morgan fingerprint density at radius 2 is 1.00 bits per heavy atom. The molecule has 4 nitrogen and oxygen atoms in total. The van der Waals surface area contributed by atoms with E-state index < -0.39 is 0 Å². The molecule has 0 saturated carbocycles. The zero-order valence-electron chi connectivity index (χ0n) is 32.8. The van der Waals surface area contributed by atoms with Crippen molar-refractivity contribution in [2.45, 2.75) is 9.79 Å². The van der Waals surface area contributed by atoms with Gasteiger partial charge in [-0.25, -0.2) is 9.97 Å². The summed E-state index contributed by atoms with van der Waals surface area (Å²) in [6.07, 6.45) is 0. The van der Waals surface area contributed by atoms with Crippen LogP contribution in [0, 0.1) is 0 Å². The monoisotopic (exact) mass is 794 g/mol.